The van der Waals surface area contributed by atoms with Crippen LogP contribution in [-0.4, -0.2) is 131 Å². The molecule has 1 spiro atoms. The summed E-state index contributed by atoms with van der Waals surface area (Å²) >= 11 is 1.49. The maximum Gasteiger partial charge on any atom is 0.340 e. The fourth-order valence-electron chi connectivity index (χ4n) is 10.6. The highest BCUT2D eigenvalue weighted by molar-refractivity contribution is 7.13. The molecule has 0 bridgehead atoms. The van der Waals surface area contributed by atoms with Gasteiger partial charge in [-0.15, -0.1) is 11.3 Å². The summed E-state index contributed by atoms with van der Waals surface area (Å²) in [6.07, 6.45) is -1.53. The number of benzene rings is 4. The average Bonchev–Trinajstić information content (AvgIpc) is 4.42. The SMILES string of the molecule is Cc1cc([C@H](C(=O)N2CC(O)CC2(C(N)=O)[C@@H](CC(=O)NCCOCCOCCOCCNC(=O)c2ccc3c(c2)C(=O)OC32c3ccc(O)cc3Oc3cc(O)ccc32)c2ccc(-c3scnc3C)cc2)C(C)C)on1. The van der Waals surface area contributed by atoms with Gasteiger partial charge in [-0.25, -0.2) is 9.78 Å². The number of amides is 4. The van der Waals surface area contributed by atoms with Gasteiger partial charge in [0.2, 0.25) is 17.7 Å². The number of rotatable bonds is 22. The number of hydrogen-bond acceptors (Lipinski definition) is 17. The predicted octanol–water partition coefficient (Wildman–Crippen LogP) is 5.72. The van der Waals surface area contributed by atoms with Crippen molar-refractivity contribution in [1.29, 1.82) is 0 Å². The van der Waals surface area contributed by atoms with Gasteiger partial charge in [0.15, 0.2) is 5.60 Å². The molecule has 1 fully saturated rings. The number of thiazole rings is 1. The van der Waals surface area contributed by atoms with Gasteiger partial charge >= 0.3 is 5.97 Å². The molecular weight excluding hydrogens is 1010 g/mol. The third-order valence-corrected chi connectivity index (χ3v) is 15.1. The van der Waals surface area contributed by atoms with E-state index in [0.717, 1.165) is 16.1 Å². The molecule has 404 valence electrons. The number of phenols is 2. The van der Waals surface area contributed by atoms with Crippen molar-refractivity contribution in [3.8, 4) is 33.4 Å². The second-order valence-corrected chi connectivity index (χ2v) is 20.4. The van der Waals surface area contributed by atoms with Gasteiger partial charge < -0.3 is 64.8 Å². The number of carbonyl (C=O) groups excluding carboxylic acids is 5. The van der Waals surface area contributed by atoms with Gasteiger partial charge in [0.05, 0.1) is 73.1 Å². The summed E-state index contributed by atoms with van der Waals surface area (Å²) in [6, 6.07) is 22.7. The first-order valence-corrected chi connectivity index (χ1v) is 26.1. The van der Waals surface area contributed by atoms with Crippen LogP contribution in [0.5, 0.6) is 23.0 Å². The summed E-state index contributed by atoms with van der Waals surface area (Å²) < 4.78 is 34.6. The second kappa shape index (κ2) is 22.9. The van der Waals surface area contributed by atoms with Gasteiger partial charge in [-0.2, -0.15) is 0 Å². The number of esters is 1. The van der Waals surface area contributed by atoms with Gasteiger partial charge in [0, 0.05) is 78.8 Å². The molecule has 4 atom stereocenters. The van der Waals surface area contributed by atoms with E-state index >= 15 is 0 Å². The van der Waals surface area contributed by atoms with Crippen molar-refractivity contribution in [3.05, 3.63) is 141 Å². The van der Waals surface area contributed by atoms with Crippen LogP contribution in [0.1, 0.15) is 98.6 Å². The van der Waals surface area contributed by atoms with Crippen LogP contribution in [0.2, 0.25) is 0 Å². The lowest BCUT2D eigenvalue weighted by Gasteiger charge is -2.43. The summed E-state index contributed by atoms with van der Waals surface area (Å²) in [4.78, 5) is 75.8. The van der Waals surface area contributed by atoms with Crippen molar-refractivity contribution in [3.63, 3.8) is 0 Å². The van der Waals surface area contributed by atoms with Gasteiger partial charge in [0.1, 0.15) is 40.2 Å². The number of nitrogens with one attached hydrogen (secondary N) is 2. The Labute approximate surface area is 447 Å². The average molecular weight is 1070 g/mol. The molecule has 0 saturated carbocycles. The second-order valence-electron chi connectivity index (χ2n) is 19.6. The standard InChI is InChI=1S/C56H60N6O14S/c1-31(2)49(47-23-32(3)61-76-47)52(68)62-29-39(65)28-55(62,54(57)70)44(34-5-7-35(8-6-34)50-33(4)60-30-77-50)27-48(66)58-15-17-71-19-21-73-22-20-72-18-16-59-51(67)36-9-12-41-40(24-36)53(69)75-56(41)42-13-10-37(63)25-45(42)74-46-26-38(64)11-14-43(46)56/h5-14,23-26,30-31,39,44,49,63-65H,15-22,27-29H2,1-4H3,(H2,57,70)(H,58,66)(H,59,67)/t39?,44-,49+,55?/m0/s1. The minimum absolute atomic E-state index is 0.0602. The summed E-state index contributed by atoms with van der Waals surface area (Å²) in [7, 11) is 0. The lowest BCUT2D eigenvalue weighted by molar-refractivity contribution is -0.148. The molecule has 21 heteroatoms. The van der Waals surface area contributed by atoms with E-state index in [9.17, 15) is 39.3 Å². The van der Waals surface area contributed by atoms with Crippen molar-refractivity contribution in [2.45, 2.75) is 69.6 Å². The Kier molecular flexibility index (Phi) is 16.1. The Morgan fingerprint density at radius 2 is 1.45 bits per heavy atom. The number of β-amino-alcohol motifs (C(OH)–C–C–N with tert-alkyl or cyclic N) is 1. The number of aliphatic hydroxyl groups excluding tert-OH is 1. The highest BCUT2D eigenvalue weighted by Gasteiger charge is 2.59. The molecule has 9 rings (SSSR count). The van der Waals surface area contributed by atoms with E-state index in [4.69, 9.17) is 33.9 Å². The predicted molar refractivity (Wildman–Crippen MR) is 279 cm³/mol. The molecule has 4 aromatic carbocycles. The molecule has 0 aliphatic carbocycles. The number of aryl methyl sites for hydroxylation is 2. The van der Waals surface area contributed by atoms with E-state index in [-0.39, 0.29) is 112 Å². The van der Waals surface area contributed by atoms with Crippen molar-refractivity contribution in [2.24, 2.45) is 11.7 Å². The molecule has 3 aliphatic rings. The molecule has 77 heavy (non-hydrogen) atoms. The zero-order valence-corrected chi connectivity index (χ0v) is 43.7. The fourth-order valence-corrected chi connectivity index (χ4v) is 11.4. The number of nitrogens with zero attached hydrogens (tertiary/aromatic N) is 3. The third-order valence-electron chi connectivity index (χ3n) is 14.2. The quantitative estimate of drug-likeness (QED) is 0.0350. The molecule has 1 saturated heterocycles. The van der Waals surface area contributed by atoms with Crippen LogP contribution in [-0.2, 0) is 38.9 Å². The minimum Gasteiger partial charge on any atom is -0.508 e. The van der Waals surface area contributed by atoms with E-state index in [1.165, 1.54) is 46.6 Å². The molecule has 2 aromatic heterocycles. The number of aromatic hydroxyl groups is 2. The molecular formula is C56H60N6O14S. The first-order chi connectivity index (χ1) is 37.0. The van der Waals surface area contributed by atoms with Crippen molar-refractivity contribution >= 4 is 40.9 Å². The highest BCUT2D eigenvalue weighted by atomic mass is 32.1. The van der Waals surface area contributed by atoms with Crippen LogP contribution in [0.25, 0.3) is 10.4 Å². The number of carbonyl (C=O) groups is 5. The van der Waals surface area contributed by atoms with Gasteiger partial charge in [-0.05, 0) is 67.3 Å². The number of likely N-dealkylation sites (tertiary alicyclic amines) is 1. The largest absolute Gasteiger partial charge is 0.508 e. The molecule has 0 radical (unpaired) electrons. The Morgan fingerprint density at radius 1 is 0.831 bits per heavy atom. The van der Waals surface area contributed by atoms with Crippen molar-refractivity contribution in [1.82, 2.24) is 25.7 Å². The monoisotopic (exact) mass is 1070 g/mol. The molecule has 20 nitrogen and oxygen atoms in total. The van der Waals surface area contributed by atoms with Gasteiger partial charge in [0.25, 0.3) is 5.91 Å². The number of aromatic nitrogens is 2. The lowest BCUT2D eigenvalue weighted by Crippen LogP contribution is -2.61. The van der Waals surface area contributed by atoms with Crippen molar-refractivity contribution in [2.75, 3.05) is 59.3 Å². The van der Waals surface area contributed by atoms with Gasteiger partial charge in [-0.3, -0.25) is 19.2 Å². The lowest BCUT2D eigenvalue weighted by atomic mass is 9.73. The summed E-state index contributed by atoms with van der Waals surface area (Å²) in [5.74, 6) is -4.21. The number of ether oxygens (including phenoxy) is 5. The van der Waals surface area contributed by atoms with Crippen LogP contribution in [0, 0.1) is 19.8 Å². The van der Waals surface area contributed by atoms with E-state index in [2.05, 4.69) is 20.8 Å². The maximum atomic E-state index is 14.7. The molecule has 5 heterocycles. The van der Waals surface area contributed by atoms with Crippen LogP contribution >= 0.6 is 11.3 Å². The Bertz CT molecular complexity index is 3120. The Hall–Kier alpha value is -7.69. The van der Waals surface area contributed by atoms with Gasteiger partial charge in [-0.1, -0.05) is 49.3 Å². The van der Waals surface area contributed by atoms with E-state index in [1.54, 1.807) is 42.8 Å². The summed E-state index contributed by atoms with van der Waals surface area (Å²) in [5, 5.41) is 41.3. The molecule has 4 amide bonds. The molecule has 3 aliphatic heterocycles. The molecule has 7 N–H and O–H groups in total. The maximum absolute atomic E-state index is 14.7. The number of nitrogens with two attached hydrogens (primary N) is 1. The summed E-state index contributed by atoms with van der Waals surface area (Å²) in [5.41, 5.74) is 9.57. The first-order valence-electron chi connectivity index (χ1n) is 25.3. The first kappa shape index (κ1) is 54.1. The number of hydrogen-bond donors (Lipinski definition) is 6. The molecule has 2 unspecified atom stereocenters. The van der Waals surface area contributed by atoms with Crippen LogP contribution in [0.3, 0.4) is 0 Å². The van der Waals surface area contributed by atoms with Crippen molar-refractivity contribution < 1.29 is 67.5 Å². The van der Waals surface area contributed by atoms with Crippen LogP contribution < -0.4 is 21.1 Å². The Balaban J connectivity index is 0.732. The normalized spacial score (nSPS) is 17.8. The Morgan fingerprint density at radius 3 is 2.04 bits per heavy atom. The zero-order valence-electron chi connectivity index (χ0n) is 42.9. The van der Waals surface area contributed by atoms with Crippen LogP contribution in [0.4, 0.5) is 0 Å². The number of fused-ring (bicyclic) bond motifs is 6. The number of aliphatic hydroxyl groups is 1. The zero-order chi connectivity index (χ0) is 54.6. The van der Waals surface area contributed by atoms with E-state index in [1.807, 2.05) is 45.0 Å². The van der Waals surface area contributed by atoms with Crippen LogP contribution in [0.15, 0.2) is 95.0 Å². The number of phenolic OH excluding ortho intramolecular Hbond substituents is 2. The summed E-state index contributed by atoms with van der Waals surface area (Å²) in [6.45, 7) is 8.77. The fraction of sp³-hybridized carbons (Fsp3) is 0.375. The van der Waals surface area contributed by atoms with E-state index < -0.39 is 58.7 Å². The minimum atomic E-state index is -1.79. The molecule has 6 aromatic rings. The van der Waals surface area contributed by atoms with E-state index in [0.29, 0.717) is 33.7 Å². The third kappa shape index (κ3) is 10.9. The smallest absolute Gasteiger partial charge is 0.340 e. The highest BCUT2D eigenvalue weighted by Crippen LogP contribution is 2.57. The number of primary amides is 1. The topological polar surface area (TPSA) is 284 Å².